The molecular weight excluding hydrogens is 506 g/mol. The number of hydrogen-bond donors (Lipinski definition) is 3. The molecule has 2 atom stereocenters. The second kappa shape index (κ2) is 13.2. The van der Waals surface area contributed by atoms with E-state index in [1.807, 2.05) is 59.7 Å². The van der Waals surface area contributed by atoms with E-state index in [9.17, 15) is 19.5 Å². The summed E-state index contributed by atoms with van der Waals surface area (Å²) in [4.78, 5) is 43.0. The zero-order valence-electron chi connectivity index (χ0n) is 25.7. The van der Waals surface area contributed by atoms with Crippen molar-refractivity contribution < 1.29 is 24.2 Å². The van der Waals surface area contributed by atoms with E-state index in [0.29, 0.717) is 29.7 Å². The van der Waals surface area contributed by atoms with Gasteiger partial charge < -0.3 is 25.4 Å². The molecule has 0 aliphatic carbocycles. The number of nitrogens with one attached hydrogen (secondary N) is 2. The predicted molar refractivity (Wildman–Crippen MR) is 159 cm³/mol. The van der Waals surface area contributed by atoms with Crippen molar-refractivity contribution in [3.05, 3.63) is 59.2 Å². The molecule has 8 heteroatoms. The van der Waals surface area contributed by atoms with Crippen LogP contribution in [0.3, 0.4) is 0 Å². The molecule has 2 aromatic carbocycles. The Morgan fingerprint density at radius 1 is 0.950 bits per heavy atom. The summed E-state index contributed by atoms with van der Waals surface area (Å²) in [7, 11) is 0. The molecule has 3 N–H and O–H groups in total. The molecule has 3 amide bonds. The van der Waals surface area contributed by atoms with Gasteiger partial charge in [0.05, 0.1) is 0 Å². The summed E-state index contributed by atoms with van der Waals surface area (Å²) in [6.45, 7) is 18.5. The predicted octanol–water partition coefficient (Wildman–Crippen LogP) is 6.65. The van der Waals surface area contributed by atoms with Crippen LogP contribution in [-0.4, -0.2) is 45.1 Å². The number of ether oxygens (including phenoxy) is 1. The summed E-state index contributed by atoms with van der Waals surface area (Å²) < 4.78 is 5.47. The number of alkyl carbamates (subject to hydrolysis) is 1. The lowest BCUT2D eigenvalue weighted by atomic mass is 9.90. The van der Waals surface area contributed by atoms with Gasteiger partial charge in [0, 0.05) is 16.8 Å². The Labute approximate surface area is 239 Å². The molecule has 0 aliphatic heterocycles. The number of anilines is 1. The standard InChI is InChI=1S/C32H47N3O5/c1-11-32(9,10)35(29(38)25(19-20(2)3)34-30(39)40-31(6,7)8)26(23-17-14-16-22(5)27(23)36)28(37)33-24-18-13-12-15-21(24)4/h12-18,20,25-26,36H,11,19H2,1-10H3,(H,33,37)(H,34,39). The zero-order valence-corrected chi connectivity index (χ0v) is 25.7. The fourth-order valence-electron chi connectivity index (χ4n) is 4.47. The van der Waals surface area contributed by atoms with Crippen molar-refractivity contribution in [2.45, 2.75) is 105 Å². The van der Waals surface area contributed by atoms with Gasteiger partial charge in [0.15, 0.2) is 0 Å². The fourth-order valence-corrected chi connectivity index (χ4v) is 4.47. The van der Waals surface area contributed by atoms with E-state index in [4.69, 9.17) is 4.74 Å². The molecular formula is C32H47N3O5. The van der Waals surface area contributed by atoms with E-state index in [1.165, 1.54) is 4.90 Å². The molecule has 0 aromatic heterocycles. The van der Waals surface area contributed by atoms with Crippen molar-refractivity contribution >= 4 is 23.6 Å². The molecule has 0 heterocycles. The zero-order chi connectivity index (χ0) is 30.4. The number of para-hydroxylation sites is 2. The van der Waals surface area contributed by atoms with Gasteiger partial charge in [0.25, 0.3) is 5.91 Å². The number of carbonyl (C=O) groups excluding carboxylic acids is 3. The van der Waals surface area contributed by atoms with Gasteiger partial charge in [0.1, 0.15) is 23.4 Å². The Bertz CT molecular complexity index is 1200. The van der Waals surface area contributed by atoms with Gasteiger partial charge in [-0.1, -0.05) is 57.2 Å². The van der Waals surface area contributed by atoms with Crippen molar-refractivity contribution in [1.82, 2.24) is 10.2 Å². The summed E-state index contributed by atoms with van der Waals surface area (Å²) in [6.07, 6.45) is 0.140. The van der Waals surface area contributed by atoms with Crippen LogP contribution in [0.4, 0.5) is 10.5 Å². The Morgan fingerprint density at radius 2 is 1.55 bits per heavy atom. The van der Waals surface area contributed by atoms with E-state index >= 15 is 0 Å². The van der Waals surface area contributed by atoms with Crippen LogP contribution in [-0.2, 0) is 14.3 Å². The number of benzene rings is 2. The van der Waals surface area contributed by atoms with E-state index in [2.05, 4.69) is 10.6 Å². The first-order valence-electron chi connectivity index (χ1n) is 14.0. The second-order valence-corrected chi connectivity index (χ2v) is 12.4. The number of nitrogens with zero attached hydrogens (tertiary/aromatic N) is 1. The molecule has 0 fully saturated rings. The maximum Gasteiger partial charge on any atom is 0.408 e. The average molecular weight is 554 g/mol. The van der Waals surface area contributed by atoms with Crippen LogP contribution in [0.2, 0.25) is 0 Å². The number of phenolic OH excluding ortho intramolecular Hbond substituents is 1. The third kappa shape index (κ3) is 8.47. The van der Waals surface area contributed by atoms with Crippen molar-refractivity contribution in [1.29, 1.82) is 0 Å². The van der Waals surface area contributed by atoms with Crippen LogP contribution in [0.15, 0.2) is 42.5 Å². The van der Waals surface area contributed by atoms with Gasteiger partial charge in [-0.3, -0.25) is 9.59 Å². The van der Waals surface area contributed by atoms with Gasteiger partial charge in [0.2, 0.25) is 5.91 Å². The minimum Gasteiger partial charge on any atom is -0.507 e. The highest BCUT2D eigenvalue weighted by atomic mass is 16.6. The molecule has 0 spiro atoms. The maximum absolute atomic E-state index is 14.5. The van der Waals surface area contributed by atoms with Gasteiger partial charge in [-0.2, -0.15) is 0 Å². The summed E-state index contributed by atoms with van der Waals surface area (Å²) in [6, 6.07) is 10.4. The highest BCUT2D eigenvalue weighted by Crippen LogP contribution is 2.38. The largest absolute Gasteiger partial charge is 0.507 e. The van der Waals surface area contributed by atoms with E-state index in [-0.39, 0.29) is 11.7 Å². The molecule has 2 aromatic rings. The van der Waals surface area contributed by atoms with Crippen molar-refractivity contribution in [2.75, 3.05) is 5.32 Å². The summed E-state index contributed by atoms with van der Waals surface area (Å²) in [5, 5.41) is 16.9. The van der Waals surface area contributed by atoms with Gasteiger partial charge >= 0.3 is 6.09 Å². The first-order valence-corrected chi connectivity index (χ1v) is 14.0. The first-order chi connectivity index (χ1) is 18.5. The van der Waals surface area contributed by atoms with Crippen LogP contribution < -0.4 is 10.6 Å². The number of aryl methyl sites for hydroxylation is 2. The molecule has 0 radical (unpaired) electrons. The lowest BCUT2D eigenvalue weighted by Gasteiger charge is -2.45. The fraction of sp³-hybridized carbons (Fsp3) is 0.531. The third-order valence-electron chi connectivity index (χ3n) is 6.92. The lowest BCUT2D eigenvalue weighted by Crippen LogP contribution is -2.59. The highest BCUT2D eigenvalue weighted by molar-refractivity contribution is 6.00. The van der Waals surface area contributed by atoms with E-state index in [0.717, 1.165) is 5.56 Å². The van der Waals surface area contributed by atoms with E-state index < -0.39 is 41.1 Å². The molecule has 8 nitrogen and oxygen atoms in total. The van der Waals surface area contributed by atoms with Gasteiger partial charge in [-0.05, 0) is 84.4 Å². The number of amides is 3. The molecule has 40 heavy (non-hydrogen) atoms. The van der Waals surface area contributed by atoms with Crippen molar-refractivity contribution in [3.63, 3.8) is 0 Å². The molecule has 0 bridgehead atoms. The molecule has 220 valence electrons. The Balaban J connectivity index is 2.71. The van der Waals surface area contributed by atoms with Crippen molar-refractivity contribution in [2.24, 2.45) is 5.92 Å². The molecule has 2 unspecified atom stereocenters. The third-order valence-corrected chi connectivity index (χ3v) is 6.92. The van der Waals surface area contributed by atoms with Crippen LogP contribution in [0.5, 0.6) is 5.75 Å². The SMILES string of the molecule is CCC(C)(C)N(C(=O)C(CC(C)C)NC(=O)OC(C)(C)C)C(C(=O)Nc1ccccc1C)c1cccc(C)c1O. The molecule has 0 aliphatic rings. The normalized spacial score (nSPS) is 13.4. The topological polar surface area (TPSA) is 108 Å². The quantitative estimate of drug-likeness (QED) is 0.305. The Hall–Kier alpha value is -3.55. The number of rotatable bonds is 10. The monoisotopic (exact) mass is 553 g/mol. The molecule has 0 saturated heterocycles. The second-order valence-electron chi connectivity index (χ2n) is 12.4. The first kappa shape index (κ1) is 32.7. The molecule has 0 saturated carbocycles. The summed E-state index contributed by atoms with van der Waals surface area (Å²) in [5.41, 5.74) is 0.782. The van der Waals surface area contributed by atoms with Gasteiger partial charge in [-0.25, -0.2) is 4.79 Å². The van der Waals surface area contributed by atoms with Crippen LogP contribution in [0, 0.1) is 19.8 Å². The van der Waals surface area contributed by atoms with Crippen LogP contribution in [0.1, 0.15) is 91.0 Å². The Morgan fingerprint density at radius 3 is 2.10 bits per heavy atom. The highest BCUT2D eigenvalue weighted by Gasteiger charge is 2.44. The number of hydrogen-bond acceptors (Lipinski definition) is 5. The smallest absolute Gasteiger partial charge is 0.408 e. The summed E-state index contributed by atoms with van der Waals surface area (Å²) in [5.74, 6) is -0.900. The van der Waals surface area contributed by atoms with Crippen LogP contribution >= 0.6 is 0 Å². The van der Waals surface area contributed by atoms with Crippen molar-refractivity contribution in [3.8, 4) is 5.75 Å². The van der Waals surface area contributed by atoms with Gasteiger partial charge in [-0.15, -0.1) is 0 Å². The average Bonchev–Trinajstić information content (AvgIpc) is 2.83. The minimum atomic E-state index is -1.18. The molecule has 2 rings (SSSR count). The Kier molecular flexibility index (Phi) is 10.8. The minimum absolute atomic E-state index is 0.0575. The number of aromatic hydroxyl groups is 1. The number of phenols is 1. The maximum atomic E-state index is 14.5. The van der Waals surface area contributed by atoms with E-state index in [1.54, 1.807) is 52.0 Å². The van der Waals surface area contributed by atoms with Crippen LogP contribution in [0.25, 0.3) is 0 Å². The summed E-state index contributed by atoms with van der Waals surface area (Å²) >= 11 is 0. The number of carbonyl (C=O) groups is 3. The lowest BCUT2D eigenvalue weighted by molar-refractivity contribution is -0.148.